The number of hydrogen-bond acceptors (Lipinski definition) is 2. The van der Waals surface area contributed by atoms with Gasteiger partial charge in [-0.1, -0.05) is 0 Å². The summed E-state index contributed by atoms with van der Waals surface area (Å²) >= 11 is 0. The van der Waals surface area contributed by atoms with Gasteiger partial charge in [-0.25, -0.2) is 5.32 Å². The fourth-order valence-electron chi connectivity index (χ4n) is 0.753. The van der Waals surface area contributed by atoms with Crippen LogP contribution in [0.25, 0.3) is 0 Å². The first-order valence-electron chi connectivity index (χ1n) is 4.03. The predicted molar refractivity (Wildman–Crippen MR) is 44.9 cm³/mol. The lowest BCUT2D eigenvalue weighted by atomic mass is 10.4. The number of methoxy groups -OCH3 is 2. The van der Waals surface area contributed by atoms with Crippen LogP contribution in [0, 0.1) is 0 Å². The van der Waals surface area contributed by atoms with Crippen LogP contribution in [0.3, 0.4) is 0 Å². The zero-order valence-electron chi connectivity index (χ0n) is 7.51. The molecule has 0 aromatic rings. The number of hydrogen-bond donors (Lipinski definition) is 0. The van der Waals surface area contributed by atoms with E-state index >= 15 is 0 Å². The molecule has 0 saturated heterocycles. The Morgan fingerprint density at radius 2 is 1.36 bits per heavy atom. The summed E-state index contributed by atoms with van der Waals surface area (Å²) in [5.41, 5.74) is 0. The van der Waals surface area contributed by atoms with E-state index in [1.165, 1.54) is 0 Å². The first-order chi connectivity index (χ1) is 5.41. The van der Waals surface area contributed by atoms with Crippen LogP contribution in [0.1, 0.15) is 12.8 Å². The lowest BCUT2D eigenvalue weighted by Crippen LogP contribution is -2.11. The van der Waals surface area contributed by atoms with Crippen molar-refractivity contribution in [2.45, 2.75) is 12.8 Å². The van der Waals surface area contributed by atoms with Crippen molar-refractivity contribution in [3.05, 3.63) is 0 Å². The van der Waals surface area contributed by atoms with E-state index in [0.29, 0.717) is 0 Å². The Kier molecular flexibility index (Phi) is 9.77. The minimum absolute atomic E-state index is 0.813. The van der Waals surface area contributed by atoms with Crippen molar-refractivity contribution < 1.29 is 9.47 Å². The van der Waals surface area contributed by atoms with Gasteiger partial charge < -0.3 is 9.47 Å². The minimum atomic E-state index is 0.813. The van der Waals surface area contributed by atoms with Gasteiger partial charge in [-0.3, -0.25) is 0 Å². The van der Waals surface area contributed by atoms with Gasteiger partial charge in [-0.15, -0.1) is 0 Å². The average molecular weight is 160 g/mol. The Morgan fingerprint density at radius 3 is 1.73 bits per heavy atom. The van der Waals surface area contributed by atoms with E-state index in [4.69, 9.17) is 9.47 Å². The Labute approximate surface area is 69.1 Å². The maximum atomic E-state index is 4.88. The largest absolute Gasteiger partial charge is 0.385 e. The third-order valence-corrected chi connectivity index (χ3v) is 1.33. The molecule has 1 radical (unpaired) electrons. The van der Waals surface area contributed by atoms with E-state index in [9.17, 15) is 0 Å². The molecule has 0 saturated carbocycles. The van der Waals surface area contributed by atoms with Gasteiger partial charge in [0, 0.05) is 40.5 Å². The Morgan fingerprint density at radius 1 is 0.909 bits per heavy atom. The molecule has 0 amide bonds. The van der Waals surface area contributed by atoms with E-state index in [-0.39, 0.29) is 0 Å². The van der Waals surface area contributed by atoms with Gasteiger partial charge in [0.05, 0.1) is 0 Å². The highest BCUT2D eigenvalue weighted by Gasteiger charge is 1.88. The molecule has 0 bridgehead atoms. The van der Waals surface area contributed by atoms with Gasteiger partial charge >= 0.3 is 0 Å². The molecule has 11 heavy (non-hydrogen) atoms. The van der Waals surface area contributed by atoms with Gasteiger partial charge in [-0.05, 0) is 12.8 Å². The SMILES string of the molecule is COCCC[N]CCCOC. The summed E-state index contributed by atoms with van der Waals surface area (Å²) in [6, 6.07) is 0. The van der Waals surface area contributed by atoms with Crippen LogP contribution >= 0.6 is 0 Å². The van der Waals surface area contributed by atoms with E-state index in [1.807, 2.05) is 0 Å². The van der Waals surface area contributed by atoms with Crippen molar-refractivity contribution in [1.82, 2.24) is 5.32 Å². The van der Waals surface area contributed by atoms with Crippen LogP contribution in [0.4, 0.5) is 0 Å². The van der Waals surface area contributed by atoms with Gasteiger partial charge in [0.2, 0.25) is 0 Å². The second-order valence-electron chi connectivity index (χ2n) is 2.36. The minimum Gasteiger partial charge on any atom is -0.385 e. The quantitative estimate of drug-likeness (QED) is 0.489. The summed E-state index contributed by atoms with van der Waals surface area (Å²) in [6.45, 7) is 3.46. The summed E-state index contributed by atoms with van der Waals surface area (Å²) in [5, 5.41) is 4.29. The van der Waals surface area contributed by atoms with Crippen molar-refractivity contribution in [3.63, 3.8) is 0 Å². The van der Waals surface area contributed by atoms with Crippen LogP contribution in [-0.4, -0.2) is 40.5 Å². The molecule has 3 nitrogen and oxygen atoms in total. The molecular weight excluding hydrogens is 142 g/mol. The molecule has 0 fully saturated rings. The Hall–Kier alpha value is -0.120. The molecule has 0 spiro atoms. The fourth-order valence-corrected chi connectivity index (χ4v) is 0.753. The molecule has 0 atom stereocenters. The standard InChI is InChI=1S/C8H18NO2/c1-10-7-3-5-9-6-4-8-11-2/h3-8H2,1-2H3. The maximum Gasteiger partial charge on any atom is 0.0475 e. The highest BCUT2D eigenvalue weighted by Crippen LogP contribution is 1.81. The van der Waals surface area contributed by atoms with E-state index in [1.54, 1.807) is 14.2 Å². The highest BCUT2D eigenvalue weighted by atomic mass is 16.5. The van der Waals surface area contributed by atoms with Crippen molar-refractivity contribution in [1.29, 1.82) is 0 Å². The van der Waals surface area contributed by atoms with Crippen molar-refractivity contribution in [2.75, 3.05) is 40.5 Å². The molecule has 0 aliphatic carbocycles. The van der Waals surface area contributed by atoms with Crippen LogP contribution in [0.15, 0.2) is 0 Å². The summed E-state index contributed by atoms with van der Waals surface area (Å²) in [6.07, 6.45) is 2.06. The molecule has 0 aromatic heterocycles. The maximum absolute atomic E-state index is 4.88. The zero-order chi connectivity index (χ0) is 8.36. The van der Waals surface area contributed by atoms with Gasteiger partial charge in [-0.2, -0.15) is 0 Å². The molecule has 0 aliphatic rings. The lowest BCUT2D eigenvalue weighted by molar-refractivity contribution is 0.187. The predicted octanol–water partition coefficient (Wildman–Crippen LogP) is 0.664. The normalized spacial score (nSPS) is 10.4. The van der Waals surface area contributed by atoms with Crippen LogP contribution < -0.4 is 5.32 Å². The summed E-state index contributed by atoms with van der Waals surface area (Å²) in [5.74, 6) is 0. The summed E-state index contributed by atoms with van der Waals surface area (Å²) in [4.78, 5) is 0. The Bertz CT molecular complexity index is 61.1. The smallest absolute Gasteiger partial charge is 0.0475 e. The third kappa shape index (κ3) is 9.88. The second kappa shape index (κ2) is 9.88. The third-order valence-electron chi connectivity index (χ3n) is 1.33. The lowest BCUT2D eigenvalue weighted by Gasteiger charge is -2.00. The molecule has 0 heterocycles. The van der Waals surface area contributed by atoms with Crippen molar-refractivity contribution in [3.8, 4) is 0 Å². The summed E-state index contributed by atoms with van der Waals surface area (Å²) < 4.78 is 9.77. The molecule has 0 rings (SSSR count). The van der Waals surface area contributed by atoms with Gasteiger partial charge in [0.25, 0.3) is 0 Å². The molecule has 0 aromatic carbocycles. The zero-order valence-corrected chi connectivity index (χ0v) is 7.51. The van der Waals surface area contributed by atoms with E-state index < -0.39 is 0 Å². The number of nitrogens with zero attached hydrogens (tertiary/aromatic N) is 1. The molecule has 0 unspecified atom stereocenters. The van der Waals surface area contributed by atoms with Gasteiger partial charge in [0.1, 0.15) is 0 Å². The van der Waals surface area contributed by atoms with Crippen LogP contribution in [-0.2, 0) is 9.47 Å². The molecule has 67 valence electrons. The first kappa shape index (κ1) is 10.9. The van der Waals surface area contributed by atoms with E-state index in [0.717, 1.165) is 39.1 Å². The number of ether oxygens (including phenoxy) is 2. The Balaban J connectivity index is 2.69. The van der Waals surface area contributed by atoms with Crippen LogP contribution in [0.5, 0.6) is 0 Å². The molecular formula is C8H18NO2. The highest BCUT2D eigenvalue weighted by molar-refractivity contribution is 4.46. The van der Waals surface area contributed by atoms with Crippen molar-refractivity contribution >= 4 is 0 Å². The van der Waals surface area contributed by atoms with E-state index in [2.05, 4.69) is 5.32 Å². The van der Waals surface area contributed by atoms with Crippen LogP contribution in [0.2, 0.25) is 0 Å². The number of rotatable bonds is 8. The molecule has 0 N–H and O–H groups in total. The first-order valence-corrected chi connectivity index (χ1v) is 4.03. The fraction of sp³-hybridized carbons (Fsp3) is 1.00. The second-order valence-corrected chi connectivity index (χ2v) is 2.36. The average Bonchev–Trinajstić information content (AvgIpc) is 2.03. The summed E-state index contributed by atoms with van der Waals surface area (Å²) in [7, 11) is 3.43. The van der Waals surface area contributed by atoms with Crippen molar-refractivity contribution in [2.24, 2.45) is 0 Å². The van der Waals surface area contributed by atoms with Gasteiger partial charge in [0.15, 0.2) is 0 Å². The molecule has 3 heteroatoms. The molecule has 0 aliphatic heterocycles. The topological polar surface area (TPSA) is 32.6 Å². The monoisotopic (exact) mass is 160 g/mol.